The van der Waals surface area contributed by atoms with Crippen LogP contribution in [0.5, 0.6) is 0 Å². The fourth-order valence-corrected chi connectivity index (χ4v) is 2.93. The van der Waals surface area contributed by atoms with Crippen LogP contribution >= 0.6 is 0 Å². The summed E-state index contributed by atoms with van der Waals surface area (Å²) in [6.07, 6.45) is 5.07. The van der Waals surface area contributed by atoms with Crippen molar-refractivity contribution < 1.29 is 8.60 Å². The van der Waals surface area contributed by atoms with Crippen LogP contribution in [-0.2, 0) is 17.3 Å². The highest BCUT2D eigenvalue weighted by atomic mass is 32.2. The highest BCUT2D eigenvalue weighted by Crippen LogP contribution is 2.19. The van der Waals surface area contributed by atoms with Crippen LogP contribution in [0.15, 0.2) is 65.8 Å². The minimum atomic E-state index is -1.33. The molecular formula is C17H16FN3OS. The SMILES string of the molecule is C[S@](=O)c1ccc(NCc2ccccc2-n2cccn2)cc1F. The fraction of sp³-hybridized carbons (Fsp3) is 0.118. The first-order valence-electron chi connectivity index (χ1n) is 7.10. The molecule has 0 aliphatic carbocycles. The second kappa shape index (κ2) is 6.75. The van der Waals surface area contributed by atoms with Crippen LogP contribution in [-0.4, -0.2) is 20.2 Å². The van der Waals surface area contributed by atoms with E-state index in [-0.39, 0.29) is 4.90 Å². The number of nitrogens with one attached hydrogen (secondary N) is 1. The lowest BCUT2D eigenvalue weighted by molar-refractivity contribution is 0.596. The van der Waals surface area contributed by atoms with E-state index >= 15 is 0 Å². The number of hydrogen-bond donors (Lipinski definition) is 1. The molecule has 23 heavy (non-hydrogen) atoms. The number of halogens is 1. The average Bonchev–Trinajstić information content (AvgIpc) is 3.07. The molecule has 0 aliphatic heterocycles. The third kappa shape index (κ3) is 3.48. The summed E-state index contributed by atoms with van der Waals surface area (Å²) >= 11 is 0. The van der Waals surface area contributed by atoms with Gasteiger partial charge in [-0.05, 0) is 35.9 Å². The molecule has 118 valence electrons. The maximum absolute atomic E-state index is 13.9. The largest absolute Gasteiger partial charge is 0.381 e. The van der Waals surface area contributed by atoms with Crippen LogP contribution in [0.2, 0.25) is 0 Å². The molecule has 6 heteroatoms. The highest BCUT2D eigenvalue weighted by Gasteiger charge is 2.08. The molecular weight excluding hydrogens is 313 g/mol. The van der Waals surface area contributed by atoms with Gasteiger partial charge in [-0.3, -0.25) is 4.21 Å². The number of aromatic nitrogens is 2. The Bertz CT molecular complexity index is 834. The lowest BCUT2D eigenvalue weighted by atomic mass is 10.1. The summed E-state index contributed by atoms with van der Waals surface area (Å²) in [6, 6.07) is 14.4. The molecule has 0 unspecified atom stereocenters. The Morgan fingerprint density at radius 3 is 2.74 bits per heavy atom. The van der Waals surface area contributed by atoms with Crippen molar-refractivity contribution in [2.75, 3.05) is 11.6 Å². The van der Waals surface area contributed by atoms with E-state index in [0.29, 0.717) is 12.2 Å². The van der Waals surface area contributed by atoms with Gasteiger partial charge in [0.15, 0.2) is 0 Å². The first-order valence-corrected chi connectivity index (χ1v) is 8.66. The third-order valence-electron chi connectivity index (χ3n) is 3.47. The molecule has 0 bridgehead atoms. The van der Waals surface area contributed by atoms with E-state index in [0.717, 1.165) is 11.3 Å². The predicted octanol–water partition coefficient (Wildman–Crippen LogP) is 3.36. The summed E-state index contributed by atoms with van der Waals surface area (Å²) in [6.45, 7) is 0.532. The molecule has 0 saturated heterocycles. The molecule has 0 spiro atoms. The van der Waals surface area contributed by atoms with Crippen molar-refractivity contribution in [2.45, 2.75) is 11.4 Å². The second-order valence-electron chi connectivity index (χ2n) is 5.03. The first-order chi connectivity index (χ1) is 11.1. The number of hydrogen-bond acceptors (Lipinski definition) is 3. The van der Waals surface area contributed by atoms with Gasteiger partial charge in [-0.25, -0.2) is 9.07 Å². The van der Waals surface area contributed by atoms with Crippen molar-refractivity contribution in [1.82, 2.24) is 9.78 Å². The molecule has 2 aromatic carbocycles. The lowest BCUT2D eigenvalue weighted by Gasteiger charge is -2.12. The van der Waals surface area contributed by atoms with E-state index in [4.69, 9.17) is 0 Å². The van der Waals surface area contributed by atoms with Gasteiger partial charge >= 0.3 is 0 Å². The Labute approximate surface area is 136 Å². The smallest absolute Gasteiger partial charge is 0.141 e. The standard InChI is InChI=1S/C17H16FN3OS/c1-23(22)17-8-7-14(11-15(17)18)19-12-13-5-2-3-6-16(13)21-10-4-9-20-21/h2-11,19H,12H2,1H3/t23-/m0/s1. The quantitative estimate of drug-likeness (QED) is 0.781. The minimum absolute atomic E-state index is 0.215. The molecule has 0 fully saturated rings. The first kappa shape index (κ1) is 15.4. The number of rotatable bonds is 5. The van der Waals surface area contributed by atoms with Crippen LogP contribution in [0.1, 0.15) is 5.56 Å². The van der Waals surface area contributed by atoms with Gasteiger partial charge in [-0.2, -0.15) is 5.10 Å². The molecule has 4 nitrogen and oxygen atoms in total. The maximum Gasteiger partial charge on any atom is 0.141 e. The van der Waals surface area contributed by atoms with Crippen molar-refractivity contribution in [3.8, 4) is 5.69 Å². The lowest BCUT2D eigenvalue weighted by Crippen LogP contribution is -2.06. The predicted molar refractivity (Wildman–Crippen MR) is 89.6 cm³/mol. The van der Waals surface area contributed by atoms with E-state index in [1.807, 2.05) is 36.5 Å². The van der Waals surface area contributed by atoms with E-state index in [1.54, 1.807) is 23.0 Å². The zero-order valence-corrected chi connectivity index (χ0v) is 13.4. The normalized spacial score (nSPS) is 12.1. The van der Waals surface area contributed by atoms with Crippen LogP contribution in [0.4, 0.5) is 10.1 Å². The Balaban J connectivity index is 1.79. The number of benzene rings is 2. The highest BCUT2D eigenvalue weighted by molar-refractivity contribution is 7.84. The third-order valence-corrected chi connectivity index (χ3v) is 4.42. The van der Waals surface area contributed by atoms with Crippen molar-refractivity contribution >= 4 is 16.5 Å². The maximum atomic E-state index is 13.9. The topological polar surface area (TPSA) is 46.9 Å². The van der Waals surface area contributed by atoms with Gasteiger partial charge in [0.05, 0.1) is 21.4 Å². The molecule has 3 rings (SSSR count). The van der Waals surface area contributed by atoms with Crippen molar-refractivity contribution in [2.24, 2.45) is 0 Å². The number of nitrogens with zero attached hydrogens (tertiary/aromatic N) is 2. The fourth-order valence-electron chi connectivity index (χ4n) is 2.34. The van der Waals surface area contributed by atoms with Crippen LogP contribution < -0.4 is 5.32 Å². The van der Waals surface area contributed by atoms with E-state index in [2.05, 4.69) is 10.4 Å². The van der Waals surface area contributed by atoms with Crippen LogP contribution in [0.3, 0.4) is 0 Å². The van der Waals surface area contributed by atoms with E-state index in [9.17, 15) is 8.60 Å². The Hall–Kier alpha value is -2.47. The van der Waals surface area contributed by atoms with Gasteiger partial charge < -0.3 is 5.32 Å². The van der Waals surface area contributed by atoms with Crippen molar-refractivity contribution in [3.05, 3.63) is 72.3 Å². The summed E-state index contributed by atoms with van der Waals surface area (Å²) in [5.41, 5.74) is 2.66. The van der Waals surface area contributed by atoms with Gasteiger partial charge in [0.2, 0.25) is 0 Å². The molecule has 3 aromatic rings. The molecule has 0 radical (unpaired) electrons. The van der Waals surface area contributed by atoms with E-state index < -0.39 is 16.6 Å². The van der Waals surface area contributed by atoms with Crippen LogP contribution in [0, 0.1) is 5.82 Å². The Morgan fingerprint density at radius 1 is 1.22 bits per heavy atom. The molecule has 1 atom stereocenters. The van der Waals surface area contributed by atoms with Crippen molar-refractivity contribution in [1.29, 1.82) is 0 Å². The minimum Gasteiger partial charge on any atom is -0.381 e. The summed E-state index contributed by atoms with van der Waals surface area (Å²) in [5, 5.41) is 7.43. The zero-order chi connectivity index (χ0) is 16.2. The molecule has 1 heterocycles. The average molecular weight is 329 g/mol. The molecule has 1 N–H and O–H groups in total. The van der Waals surface area contributed by atoms with Gasteiger partial charge in [0.1, 0.15) is 5.82 Å². The summed E-state index contributed by atoms with van der Waals surface area (Å²) in [4.78, 5) is 0.215. The van der Waals surface area contributed by atoms with E-state index in [1.165, 1.54) is 12.3 Å². The van der Waals surface area contributed by atoms with Gasteiger partial charge in [0, 0.05) is 30.9 Å². The van der Waals surface area contributed by atoms with Crippen molar-refractivity contribution in [3.63, 3.8) is 0 Å². The molecule has 1 aromatic heterocycles. The zero-order valence-electron chi connectivity index (χ0n) is 12.6. The Morgan fingerprint density at radius 2 is 2.04 bits per heavy atom. The summed E-state index contributed by atoms with van der Waals surface area (Å²) < 4.78 is 27.0. The molecule has 0 amide bonds. The number of anilines is 1. The second-order valence-corrected chi connectivity index (χ2v) is 6.38. The molecule has 0 aliphatic rings. The van der Waals surface area contributed by atoms with Crippen LogP contribution in [0.25, 0.3) is 5.69 Å². The number of para-hydroxylation sites is 1. The summed E-state index contributed by atoms with van der Waals surface area (Å²) in [7, 11) is -1.33. The monoisotopic (exact) mass is 329 g/mol. The Kier molecular flexibility index (Phi) is 4.52. The molecule has 0 saturated carbocycles. The van der Waals surface area contributed by atoms with Gasteiger partial charge in [-0.15, -0.1) is 0 Å². The van der Waals surface area contributed by atoms with Gasteiger partial charge in [0.25, 0.3) is 0 Å². The summed E-state index contributed by atoms with van der Waals surface area (Å²) in [5.74, 6) is -0.462. The van der Waals surface area contributed by atoms with Gasteiger partial charge in [-0.1, -0.05) is 18.2 Å².